The van der Waals surface area contributed by atoms with Gasteiger partial charge in [-0.25, -0.2) is 4.79 Å². The molecule has 6 heteroatoms. The second-order valence-corrected chi connectivity index (χ2v) is 4.97. The van der Waals surface area contributed by atoms with Crippen molar-refractivity contribution < 1.29 is 14.7 Å². The van der Waals surface area contributed by atoms with Crippen LogP contribution in [0.25, 0.3) is 0 Å². The third-order valence-electron chi connectivity index (χ3n) is 3.27. The molecule has 2 rings (SSSR count). The van der Waals surface area contributed by atoms with Gasteiger partial charge in [0.25, 0.3) is 5.91 Å². The first kappa shape index (κ1) is 16.8. The first-order valence-electron chi connectivity index (χ1n) is 7.08. The topological polar surface area (TPSA) is 102 Å². The molecule has 0 aromatic heterocycles. The second kappa shape index (κ2) is 7.61. The number of nitrogens with zero attached hydrogens (tertiary/aromatic N) is 1. The minimum absolute atomic E-state index is 0.0967. The average molecular weight is 321 g/mol. The average Bonchev–Trinajstić information content (AvgIpc) is 2.58. The first-order valence-corrected chi connectivity index (χ1v) is 7.08. The van der Waals surface area contributed by atoms with Crippen molar-refractivity contribution in [3.8, 4) is 6.07 Å². The number of aromatic carboxylic acids is 1. The normalized spacial score (nSPS) is 10.6. The zero-order valence-electron chi connectivity index (χ0n) is 12.9. The summed E-state index contributed by atoms with van der Waals surface area (Å²) in [7, 11) is 0. The van der Waals surface area contributed by atoms with Gasteiger partial charge in [0, 0.05) is 17.6 Å². The van der Waals surface area contributed by atoms with Gasteiger partial charge in [-0.2, -0.15) is 5.26 Å². The Balaban J connectivity index is 2.08. The molecule has 1 amide bonds. The van der Waals surface area contributed by atoms with Crippen molar-refractivity contribution in [2.75, 3.05) is 10.6 Å². The number of hydrogen-bond donors (Lipinski definition) is 3. The summed E-state index contributed by atoms with van der Waals surface area (Å²) in [5.41, 5.74) is 2.15. The number of rotatable bonds is 5. The predicted octanol–water partition coefficient (Wildman–Crippen LogP) is 3.15. The van der Waals surface area contributed by atoms with Crippen LogP contribution in [0.1, 0.15) is 15.9 Å². The molecule has 0 saturated heterocycles. The fourth-order valence-electron chi connectivity index (χ4n) is 1.92. The molecule has 0 spiro atoms. The van der Waals surface area contributed by atoms with E-state index in [0.717, 1.165) is 5.56 Å². The van der Waals surface area contributed by atoms with Crippen LogP contribution < -0.4 is 10.6 Å². The lowest BCUT2D eigenvalue weighted by Gasteiger charge is -2.07. The van der Waals surface area contributed by atoms with E-state index in [-0.39, 0.29) is 11.1 Å². The van der Waals surface area contributed by atoms with Gasteiger partial charge in [-0.05, 0) is 42.8 Å². The minimum Gasteiger partial charge on any atom is -0.478 e. The zero-order valence-corrected chi connectivity index (χ0v) is 12.9. The Bertz CT molecular complexity index is 833. The van der Waals surface area contributed by atoms with E-state index in [9.17, 15) is 9.59 Å². The quantitative estimate of drug-likeness (QED) is 0.580. The van der Waals surface area contributed by atoms with Crippen LogP contribution in [0.2, 0.25) is 0 Å². The molecule has 120 valence electrons. The summed E-state index contributed by atoms with van der Waals surface area (Å²) < 4.78 is 0. The Morgan fingerprint density at radius 3 is 2.38 bits per heavy atom. The van der Waals surface area contributed by atoms with E-state index in [4.69, 9.17) is 10.4 Å². The summed E-state index contributed by atoms with van der Waals surface area (Å²) in [6.07, 6.45) is 1.28. The van der Waals surface area contributed by atoms with E-state index in [1.165, 1.54) is 18.3 Å². The van der Waals surface area contributed by atoms with Crippen LogP contribution in [-0.2, 0) is 4.79 Å². The number of benzene rings is 2. The summed E-state index contributed by atoms with van der Waals surface area (Å²) in [6.45, 7) is 1.85. The number of carboxylic acids is 1. The number of hydrogen-bond acceptors (Lipinski definition) is 4. The Kier molecular flexibility index (Phi) is 5.32. The molecule has 0 aliphatic heterocycles. The molecule has 0 aliphatic carbocycles. The fraction of sp³-hybridized carbons (Fsp3) is 0.0556. The maximum atomic E-state index is 12.1. The third kappa shape index (κ3) is 4.21. The van der Waals surface area contributed by atoms with Crippen molar-refractivity contribution >= 4 is 23.3 Å². The highest BCUT2D eigenvalue weighted by atomic mass is 16.4. The van der Waals surface area contributed by atoms with Gasteiger partial charge in [0.15, 0.2) is 0 Å². The number of nitriles is 1. The van der Waals surface area contributed by atoms with Gasteiger partial charge in [0.2, 0.25) is 0 Å². The Morgan fingerprint density at radius 1 is 1.12 bits per heavy atom. The van der Waals surface area contributed by atoms with Gasteiger partial charge in [-0.3, -0.25) is 4.79 Å². The molecule has 2 aromatic rings. The highest BCUT2D eigenvalue weighted by Gasteiger charge is 2.10. The lowest BCUT2D eigenvalue weighted by molar-refractivity contribution is -0.112. The van der Waals surface area contributed by atoms with E-state index in [2.05, 4.69) is 10.6 Å². The number of carbonyl (C=O) groups is 2. The van der Waals surface area contributed by atoms with E-state index in [1.54, 1.807) is 24.3 Å². The van der Waals surface area contributed by atoms with Gasteiger partial charge < -0.3 is 15.7 Å². The molecule has 0 fully saturated rings. The fourth-order valence-corrected chi connectivity index (χ4v) is 1.92. The SMILES string of the molecule is Cc1ccccc1NC(=O)/C(C#N)=C\Nc1ccc(C(=O)O)cc1. The summed E-state index contributed by atoms with van der Waals surface area (Å²) >= 11 is 0. The molecule has 24 heavy (non-hydrogen) atoms. The van der Waals surface area contributed by atoms with E-state index in [0.29, 0.717) is 11.4 Å². The number of anilines is 2. The molecule has 2 aromatic carbocycles. The number of amides is 1. The van der Waals surface area contributed by atoms with Crippen LogP contribution in [0, 0.1) is 18.3 Å². The van der Waals surface area contributed by atoms with Crippen LogP contribution in [-0.4, -0.2) is 17.0 Å². The van der Waals surface area contributed by atoms with Crippen LogP contribution in [0.4, 0.5) is 11.4 Å². The smallest absolute Gasteiger partial charge is 0.335 e. The molecule has 0 bridgehead atoms. The number of carboxylic acid groups (broad SMARTS) is 1. The van der Waals surface area contributed by atoms with Gasteiger partial charge in [0.1, 0.15) is 11.6 Å². The van der Waals surface area contributed by atoms with Gasteiger partial charge in [-0.15, -0.1) is 0 Å². The Morgan fingerprint density at radius 2 is 1.79 bits per heavy atom. The Hall–Kier alpha value is -3.59. The molecule has 0 heterocycles. The number of para-hydroxylation sites is 1. The molecular formula is C18H15N3O3. The lowest BCUT2D eigenvalue weighted by Crippen LogP contribution is -2.15. The molecule has 0 atom stereocenters. The highest BCUT2D eigenvalue weighted by molar-refractivity contribution is 6.07. The van der Waals surface area contributed by atoms with Crippen molar-refractivity contribution in [2.45, 2.75) is 6.92 Å². The summed E-state index contributed by atoms with van der Waals surface area (Å²) in [4.78, 5) is 22.9. The van der Waals surface area contributed by atoms with Crippen molar-refractivity contribution in [1.29, 1.82) is 5.26 Å². The minimum atomic E-state index is -1.02. The van der Waals surface area contributed by atoms with Gasteiger partial charge in [0.05, 0.1) is 5.56 Å². The maximum Gasteiger partial charge on any atom is 0.335 e. The summed E-state index contributed by atoms with van der Waals surface area (Å²) in [6, 6.07) is 15.0. The van der Waals surface area contributed by atoms with Gasteiger partial charge >= 0.3 is 5.97 Å². The van der Waals surface area contributed by atoms with Crippen LogP contribution in [0.15, 0.2) is 60.3 Å². The van der Waals surface area contributed by atoms with E-state index >= 15 is 0 Å². The molecule has 0 radical (unpaired) electrons. The molecule has 3 N–H and O–H groups in total. The number of nitrogens with one attached hydrogen (secondary N) is 2. The predicted molar refractivity (Wildman–Crippen MR) is 90.5 cm³/mol. The molecule has 0 saturated carbocycles. The third-order valence-corrected chi connectivity index (χ3v) is 3.27. The maximum absolute atomic E-state index is 12.1. The molecule has 0 unspecified atom stereocenters. The second-order valence-electron chi connectivity index (χ2n) is 4.97. The van der Waals surface area contributed by atoms with E-state index < -0.39 is 11.9 Å². The number of aryl methyl sites for hydroxylation is 1. The van der Waals surface area contributed by atoms with Crippen molar-refractivity contribution in [3.63, 3.8) is 0 Å². The Labute approximate surface area is 139 Å². The van der Waals surface area contributed by atoms with Gasteiger partial charge in [-0.1, -0.05) is 18.2 Å². The van der Waals surface area contributed by atoms with E-state index in [1.807, 2.05) is 25.1 Å². The van der Waals surface area contributed by atoms with Crippen molar-refractivity contribution in [2.24, 2.45) is 0 Å². The highest BCUT2D eigenvalue weighted by Crippen LogP contribution is 2.15. The number of carbonyl (C=O) groups excluding carboxylic acids is 1. The molecular weight excluding hydrogens is 306 g/mol. The molecule has 0 aliphatic rings. The molecule has 6 nitrogen and oxygen atoms in total. The zero-order chi connectivity index (χ0) is 17.5. The first-order chi connectivity index (χ1) is 11.5. The standard InChI is InChI=1S/C18H15N3O3/c1-12-4-2-3-5-16(12)21-17(22)14(10-19)11-20-15-8-6-13(7-9-15)18(23)24/h2-9,11,20H,1H3,(H,21,22)(H,23,24)/b14-11-. The van der Waals surface area contributed by atoms with Crippen molar-refractivity contribution in [3.05, 3.63) is 71.4 Å². The van der Waals surface area contributed by atoms with Crippen LogP contribution in [0.5, 0.6) is 0 Å². The van der Waals surface area contributed by atoms with Crippen molar-refractivity contribution in [1.82, 2.24) is 0 Å². The monoisotopic (exact) mass is 321 g/mol. The summed E-state index contributed by atoms with van der Waals surface area (Å²) in [5.74, 6) is -1.55. The summed E-state index contributed by atoms with van der Waals surface area (Å²) in [5, 5.41) is 23.5. The lowest BCUT2D eigenvalue weighted by atomic mass is 10.2. The van der Waals surface area contributed by atoms with Crippen LogP contribution >= 0.6 is 0 Å². The van der Waals surface area contributed by atoms with Crippen LogP contribution in [0.3, 0.4) is 0 Å². The largest absolute Gasteiger partial charge is 0.478 e.